The maximum atomic E-state index is 9.97. The molecule has 6 nitrogen and oxygen atoms in total. The smallest absolute Gasteiger partial charge is 0.303 e. The highest BCUT2D eigenvalue weighted by Crippen LogP contribution is 1.97. The number of aliphatic carboxylic acids is 1. The zero-order valence-electron chi connectivity index (χ0n) is 5.90. The Morgan fingerprint density at radius 3 is 2.45 bits per heavy atom. The Bertz CT molecular complexity index is 164. The molecule has 1 unspecified atom stereocenters. The molecule has 1 atom stereocenters. The summed E-state index contributed by atoms with van der Waals surface area (Å²) < 4.78 is 0. The van der Waals surface area contributed by atoms with Gasteiger partial charge in [0, 0.05) is 12.8 Å². The number of carbonyl (C=O) groups is 1. The SMILES string of the molecule is NC(N)=NC(O)CCC(=O)O. The molecule has 0 radical (unpaired) electrons. The Hall–Kier alpha value is -1.30. The van der Waals surface area contributed by atoms with E-state index in [2.05, 4.69) is 4.99 Å². The summed E-state index contributed by atoms with van der Waals surface area (Å²) in [5, 5.41) is 17.0. The van der Waals surface area contributed by atoms with Crippen LogP contribution < -0.4 is 11.5 Å². The Kier molecular flexibility index (Phi) is 3.97. The normalized spacial score (nSPS) is 12.1. The molecule has 0 aliphatic rings. The van der Waals surface area contributed by atoms with E-state index in [1.165, 1.54) is 0 Å². The second-order valence-corrected chi connectivity index (χ2v) is 1.97. The number of carboxylic acids is 1. The fourth-order valence-corrected chi connectivity index (χ4v) is 0.489. The molecule has 0 spiro atoms. The third-order valence-corrected chi connectivity index (χ3v) is 0.914. The quantitative estimate of drug-likeness (QED) is 0.293. The fraction of sp³-hybridized carbons (Fsp3) is 0.600. The number of guanidine groups is 1. The van der Waals surface area contributed by atoms with Crippen LogP contribution in [0.15, 0.2) is 4.99 Å². The van der Waals surface area contributed by atoms with Crippen molar-refractivity contribution >= 4 is 11.9 Å². The molecule has 0 aliphatic carbocycles. The van der Waals surface area contributed by atoms with Gasteiger partial charge in [0.05, 0.1) is 0 Å². The Labute approximate surface area is 63.5 Å². The number of aliphatic imine (C=N–C) groups is 1. The molecule has 0 aromatic carbocycles. The lowest BCUT2D eigenvalue weighted by molar-refractivity contribution is -0.137. The summed E-state index contributed by atoms with van der Waals surface area (Å²) in [4.78, 5) is 13.3. The van der Waals surface area contributed by atoms with Crippen LogP contribution in [0.3, 0.4) is 0 Å². The first-order valence-corrected chi connectivity index (χ1v) is 3.01. The average molecular weight is 161 g/mol. The van der Waals surface area contributed by atoms with Crippen LogP contribution in [0.2, 0.25) is 0 Å². The van der Waals surface area contributed by atoms with E-state index in [4.69, 9.17) is 21.7 Å². The first-order valence-electron chi connectivity index (χ1n) is 3.01. The van der Waals surface area contributed by atoms with Crippen LogP contribution in [0.25, 0.3) is 0 Å². The summed E-state index contributed by atoms with van der Waals surface area (Å²) in [6.07, 6.45) is -1.25. The number of aliphatic hydroxyl groups is 1. The number of hydrogen-bond donors (Lipinski definition) is 4. The number of nitrogens with two attached hydrogens (primary N) is 2. The van der Waals surface area contributed by atoms with Gasteiger partial charge >= 0.3 is 5.97 Å². The second-order valence-electron chi connectivity index (χ2n) is 1.97. The summed E-state index contributed by atoms with van der Waals surface area (Å²) >= 11 is 0. The van der Waals surface area contributed by atoms with Gasteiger partial charge in [0.1, 0.15) is 6.23 Å². The van der Waals surface area contributed by atoms with Gasteiger partial charge in [-0.15, -0.1) is 0 Å². The van der Waals surface area contributed by atoms with E-state index in [0.717, 1.165) is 0 Å². The van der Waals surface area contributed by atoms with Gasteiger partial charge in [0.2, 0.25) is 0 Å². The molecule has 0 aromatic heterocycles. The minimum absolute atomic E-state index is 0.0211. The number of carboxylic acid groups (broad SMARTS) is 1. The Morgan fingerprint density at radius 2 is 2.09 bits per heavy atom. The van der Waals surface area contributed by atoms with Crippen molar-refractivity contribution in [2.45, 2.75) is 19.1 Å². The zero-order chi connectivity index (χ0) is 8.85. The van der Waals surface area contributed by atoms with Crippen LogP contribution in [-0.4, -0.2) is 28.4 Å². The summed E-state index contributed by atoms with van der Waals surface area (Å²) in [6.45, 7) is 0. The van der Waals surface area contributed by atoms with Crippen LogP contribution in [0.1, 0.15) is 12.8 Å². The van der Waals surface area contributed by atoms with Gasteiger partial charge in [0.15, 0.2) is 5.96 Å². The predicted octanol–water partition coefficient (Wildman–Crippen LogP) is -1.56. The minimum atomic E-state index is -1.11. The number of hydrogen-bond acceptors (Lipinski definition) is 3. The van der Waals surface area contributed by atoms with Gasteiger partial charge in [-0.1, -0.05) is 0 Å². The van der Waals surface area contributed by atoms with Gasteiger partial charge in [-0.3, -0.25) is 4.79 Å². The maximum Gasteiger partial charge on any atom is 0.303 e. The summed E-state index contributed by atoms with van der Waals surface area (Å²) in [7, 11) is 0. The second kappa shape index (κ2) is 4.51. The molecular weight excluding hydrogens is 150 g/mol. The van der Waals surface area contributed by atoms with Crippen LogP contribution >= 0.6 is 0 Å². The Morgan fingerprint density at radius 1 is 1.55 bits per heavy atom. The van der Waals surface area contributed by atoms with E-state index in [1.807, 2.05) is 0 Å². The zero-order valence-corrected chi connectivity index (χ0v) is 5.90. The van der Waals surface area contributed by atoms with E-state index >= 15 is 0 Å². The molecular formula is C5H11N3O3. The molecule has 64 valence electrons. The number of rotatable bonds is 4. The van der Waals surface area contributed by atoms with Gasteiger partial charge < -0.3 is 21.7 Å². The number of nitrogens with zero attached hydrogens (tertiary/aromatic N) is 1. The van der Waals surface area contributed by atoms with Gasteiger partial charge in [-0.2, -0.15) is 0 Å². The molecule has 0 saturated carbocycles. The summed E-state index contributed by atoms with van der Waals surface area (Å²) in [5.74, 6) is -1.24. The first-order chi connectivity index (χ1) is 5.02. The molecule has 0 rings (SSSR count). The van der Waals surface area contributed by atoms with Crippen LogP contribution in [-0.2, 0) is 4.79 Å². The lowest BCUT2D eigenvalue weighted by atomic mass is 10.3. The van der Waals surface area contributed by atoms with Crippen molar-refractivity contribution in [2.24, 2.45) is 16.5 Å². The van der Waals surface area contributed by atoms with E-state index in [0.29, 0.717) is 0 Å². The monoisotopic (exact) mass is 161 g/mol. The van der Waals surface area contributed by atoms with Crippen molar-refractivity contribution in [1.29, 1.82) is 0 Å². The third kappa shape index (κ3) is 6.59. The largest absolute Gasteiger partial charge is 0.481 e. The van der Waals surface area contributed by atoms with Crippen molar-refractivity contribution in [3.8, 4) is 0 Å². The molecule has 0 aromatic rings. The predicted molar refractivity (Wildman–Crippen MR) is 38.7 cm³/mol. The van der Waals surface area contributed by atoms with Crippen molar-refractivity contribution < 1.29 is 15.0 Å². The molecule has 6 heteroatoms. The minimum Gasteiger partial charge on any atom is -0.481 e. The van der Waals surface area contributed by atoms with Crippen molar-refractivity contribution in [3.05, 3.63) is 0 Å². The fourth-order valence-electron chi connectivity index (χ4n) is 0.489. The average Bonchev–Trinajstić information content (AvgIpc) is 1.82. The highest BCUT2D eigenvalue weighted by molar-refractivity contribution is 5.75. The van der Waals surface area contributed by atoms with Gasteiger partial charge in [-0.25, -0.2) is 4.99 Å². The first kappa shape index (κ1) is 9.70. The number of aliphatic hydroxyl groups excluding tert-OH is 1. The Balaban J connectivity index is 3.61. The summed E-state index contributed by atoms with van der Waals surface area (Å²) in [5.41, 5.74) is 9.84. The molecule has 0 amide bonds. The van der Waals surface area contributed by atoms with E-state index < -0.39 is 12.2 Å². The molecule has 0 heterocycles. The standard InChI is InChI=1S/C5H11N3O3/c6-5(7)8-3(9)1-2-4(10)11/h3,9H,1-2H2,(H,10,11)(H4,6,7,8). The van der Waals surface area contributed by atoms with E-state index in [1.54, 1.807) is 0 Å². The molecule has 0 saturated heterocycles. The van der Waals surface area contributed by atoms with Crippen molar-refractivity contribution in [1.82, 2.24) is 0 Å². The van der Waals surface area contributed by atoms with E-state index in [9.17, 15) is 4.79 Å². The molecule has 11 heavy (non-hydrogen) atoms. The van der Waals surface area contributed by atoms with Crippen molar-refractivity contribution in [2.75, 3.05) is 0 Å². The highest BCUT2D eigenvalue weighted by atomic mass is 16.4. The maximum absolute atomic E-state index is 9.97. The van der Waals surface area contributed by atoms with Crippen molar-refractivity contribution in [3.63, 3.8) is 0 Å². The van der Waals surface area contributed by atoms with Crippen LogP contribution in [0.5, 0.6) is 0 Å². The topological polar surface area (TPSA) is 122 Å². The van der Waals surface area contributed by atoms with Gasteiger partial charge in [-0.05, 0) is 0 Å². The van der Waals surface area contributed by atoms with Gasteiger partial charge in [0.25, 0.3) is 0 Å². The third-order valence-electron chi connectivity index (χ3n) is 0.914. The highest BCUT2D eigenvalue weighted by Gasteiger charge is 2.04. The van der Waals surface area contributed by atoms with E-state index in [-0.39, 0.29) is 18.8 Å². The van der Waals surface area contributed by atoms with Crippen LogP contribution in [0.4, 0.5) is 0 Å². The molecule has 0 bridgehead atoms. The molecule has 6 N–H and O–H groups in total. The lowest BCUT2D eigenvalue weighted by Crippen LogP contribution is -2.25. The molecule has 0 aliphatic heterocycles. The van der Waals surface area contributed by atoms with Crippen LogP contribution in [0, 0.1) is 0 Å². The molecule has 0 fully saturated rings. The lowest BCUT2D eigenvalue weighted by Gasteiger charge is -2.02. The summed E-state index contributed by atoms with van der Waals surface area (Å²) in [6, 6.07) is 0.